The number of carboxylic acid groups (broad SMARTS) is 1. The summed E-state index contributed by atoms with van der Waals surface area (Å²) < 4.78 is 6.87. The SMILES string of the molecule is C[C@H](c1ccc(C(=O)O)o1)n1cccn1. The fraction of sp³-hybridized carbons (Fsp3) is 0.200. The van der Waals surface area contributed by atoms with Crippen molar-refractivity contribution >= 4 is 5.97 Å². The summed E-state index contributed by atoms with van der Waals surface area (Å²) >= 11 is 0. The zero-order valence-electron chi connectivity index (χ0n) is 8.12. The maximum absolute atomic E-state index is 10.6. The molecule has 0 radical (unpaired) electrons. The molecular formula is C10H10N2O3. The van der Waals surface area contributed by atoms with Gasteiger partial charge in [0, 0.05) is 12.4 Å². The summed E-state index contributed by atoms with van der Waals surface area (Å²) in [5.74, 6) is -0.533. The Balaban J connectivity index is 2.26. The first-order chi connectivity index (χ1) is 7.18. The second-order valence-electron chi connectivity index (χ2n) is 3.17. The molecule has 0 amide bonds. The first-order valence-corrected chi connectivity index (χ1v) is 4.50. The molecule has 15 heavy (non-hydrogen) atoms. The second-order valence-corrected chi connectivity index (χ2v) is 3.17. The number of aromatic nitrogens is 2. The predicted octanol–water partition coefficient (Wildman–Crippen LogP) is 1.78. The van der Waals surface area contributed by atoms with Gasteiger partial charge in [-0.05, 0) is 25.1 Å². The van der Waals surface area contributed by atoms with Gasteiger partial charge < -0.3 is 9.52 Å². The lowest BCUT2D eigenvalue weighted by molar-refractivity contribution is 0.0659. The van der Waals surface area contributed by atoms with E-state index in [9.17, 15) is 4.79 Å². The Labute approximate surface area is 85.9 Å². The van der Waals surface area contributed by atoms with Gasteiger partial charge in [0.05, 0.1) is 0 Å². The van der Waals surface area contributed by atoms with Gasteiger partial charge in [0.2, 0.25) is 5.76 Å². The third-order valence-electron chi connectivity index (χ3n) is 2.17. The van der Waals surface area contributed by atoms with E-state index in [4.69, 9.17) is 9.52 Å². The van der Waals surface area contributed by atoms with E-state index in [0.29, 0.717) is 5.76 Å². The number of furan rings is 1. The van der Waals surface area contributed by atoms with Crippen molar-refractivity contribution in [2.24, 2.45) is 0 Å². The van der Waals surface area contributed by atoms with Crippen molar-refractivity contribution in [2.45, 2.75) is 13.0 Å². The second kappa shape index (κ2) is 3.61. The van der Waals surface area contributed by atoms with Gasteiger partial charge in [-0.3, -0.25) is 4.68 Å². The van der Waals surface area contributed by atoms with Crippen LogP contribution >= 0.6 is 0 Å². The highest BCUT2D eigenvalue weighted by atomic mass is 16.4. The molecule has 0 aliphatic heterocycles. The standard InChI is InChI=1S/C10H10N2O3/c1-7(12-6-2-5-11-12)8-3-4-9(15-8)10(13)14/h2-7H,1H3,(H,13,14)/t7-/m1/s1. The van der Waals surface area contributed by atoms with Gasteiger partial charge in [-0.2, -0.15) is 5.10 Å². The minimum atomic E-state index is -1.06. The molecule has 0 bridgehead atoms. The third kappa shape index (κ3) is 1.76. The van der Waals surface area contributed by atoms with Crippen LogP contribution in [0.2, 0.25) is 0 Å². The average molecular weight is 206 g/mol. The molecule has 5 heteroatoms. The van der Waals surface area contributed by atoms with Crippen molar-refractivity contribution in [3.8, 4) is 0 Å². The molecule has 0 spiro atoms. The third-order valence-corrected chi connectivity index (χ3v) is 2.17. The van der Waals surface area contributed by atoms with E-state index in [0.717, 1.165) is 0 Å². The summed E-state index contributed by atoms with van der Waals surface area (Å²) in [5.41, 5.74) is 0. The van der Waals surface area contributed by atoms with Crippen molar-refractivity contribution in [3.63, 3.8) is 0 Å². The van der Waals surface area contributed by atoms with Crippen LogP contribution in [0.15, 0.2) is 35.0 Å². The highest BCUT2D eigenvalue weighted by Crippen LogP contribution is 2.19. The molecule has 0 saturated carbocycles. The van der Waals surface area contributed by atoms with Gasteiger partial charge in [-0.1, -0.05) is 0 Å². The number of hydrogen-bond acceptors (Lipinski definition) is 3. The quantitative estimate of drug-likeness (QED) is 0.831. The molecule has 0 saturated heterocycles. The number of carboxylic acids is 1. The Hall–Kier alpha value is -2.04. The van der Waals surface area contributed by atoms with Gasteiger partial charge in [0.15, 0.2) is 0 Å². The van der Waals surface area contributed by atoms with Crippen molar-refractivity contribution in [3.05, 3.63) is 42.1 Å². The van der Waals surface area contributed by atoms with Crippen LogP contribution in [0.4, 0.5) is 0 Å². The van der Waals surface area contributed by atoms with Crippen LogP contribution in [0.25, 0.3) is 0 Å². The van der Waals surface area contributed by atoms with E-state index in [2.05, 4.69) is 5.10 Å². The van der Waals surface area contributed by atoms with Crippen molar-refractivity contribution in [1.82, 2.24) is 9.78 Å². The number of rotatable bonds is 3. The van der Waals surface area contributed by atoms with E-state index in [1.165, 1.54) is 6.07 Å². The van der Waals surface area contributed by atoms with Crippen molar-refractivity contribution < 1.29 is 14.3 Å². The van der Waals surface area contributed by atoms with E-state index in [1.54, 1.807) is 29.2 Å². The lowest BCUT2D eigenvalue weighted by Gasteiger charge is -2.08. The van der Waals surface area contributed by atoms with Crippen LogP contribution in [0.5, 0.6) is 0 Å². The molecule has 78 valence electrons. The zero-order chi connectivity index (χ0) is 10.8. The first kappa shape index (κ1) is 9.51. The minimum absolute atomic E-state index is 0.0518. The van der Waals surface area contributed by atoms with Gasteiger partial charge in [0.25, 0.3) is 0 Å². The van der Waals surface area contributed by atoms with E-state index < -0.39 is 5.97 Å². The molecule has 0 aromatic carbocycles. The van der Waals surface area contributed by atoms with Crippen LogP contribution in [0.3, 0.4) is 0 Å². The Bertz CT molecular complexity index is 459. The molecule has 2 rings (SSSR count). The van der Waals surface area contributed by atoms with Crippen LogP contribution in [0, 0.1) is 0 Å². The monoisotopic (exact) mass is 206 g/mol. The molecule has 1 atom stereocenters. The Morgan fingerprint density at radius 2 is 2.40 bits per heavy atom. The molecule has 0 aliphatic carbocycles. The minimum Gasteiger partial charge on any atom is -0.475 e. The maximum atomic E-state index is 10.6. The fourth-order valence-corrected chi connectivity index (χ4v) is 1.33. The summed E-state index contributed by atoms with van der Waals surface area (Å²) in [4.78, 5) is 10.6. The van der Waals surface area contributed by atoms with Crippen molar-refractivity contribution in [1.29, 1.82) is 0 Å². The van der Waals surface area contributed by atoms with Gasteiger partial charge in [-0.25, -0.2) is 4.79 Å². The first-order valence-electron chi connectivity index (χ1n) is 4.50. The van der Waals surface area contributed by atoms with E-state index in [-0.39, 0.29) is 11.8 Å². The van der Waals surface area contributed by atoms with Gasteiger partial charge in [-0.15, -0.1) is 0 Å². The summed E-state index contributed by atoms with van der Waals surface area (Å²) in [5, 5.41) is 12.8. The molecule has 2 aromatic rings. The number of nitrogens with zero attached hydrogens (tertiary/aromatic N) is 2. The number of aromatic carboxylic acids is 1. The summed E-state index contributed by atoms with van der Waals surface area (Å²) in [7, 11) is 0. The van der Waals surface area contributed by atoms with Gasteiger partial charge in [0.1, 0.15) is 11.8 Å². The van der Waals surface area contributed by atoms with Crippen LogP contribution < -0.4 is 0 Å². The van der Waals surface area contributed by atoms with E-state index >= 15 is 0 Å². The fourth-order valence-electron chi connectivity index (χ4n) is 1.33. The molecule has 5 nitrogen and oxygen atoms in total. The van der Waals surface area contributed by atoms with Crippen molar-refractivity contribution in [2.75, 3.05) is 0 Å². The lowest BCUT2D eigenvalue weighted by atomic mass is 10.2. The average Bonchev–Trinajstić information content (AvgIpc) is 2.88. The highest BCUT2D eigenvalue weighted by molar-refractivity contribution is 5.84. The molecule has 0 unspecified atom stereocenters. The topological polar surface area (TPSA) is 68.3 Å². The van der Waals surface area contributed by atoms with E-state index in [1.807, 2.05) is 6.92 Å². The molecular weight excluding hydrogens is 196 g/mol. The molecule has 2 aromatic heterocycles. The molecule has 1 N–H and O–H groups in total. The Morgan fingerprint density at radius 1 is 1.60 bits per heavy atom. The molecule has 0 fully saturated rings. The Morgan fingerprint density at radius 3 is 2.93 bits per heavy atom. The highest BCUT2D eigenvalue weighted by Gasteiger charge is 2.15. The summed E-state index contributed by atoms with van der Waals surface area (Å²) in [6.45, 7) is 1.89. The van der Waals surface area contributed by atoms with Gasteiger partial charge >= 0.3 is 5.97 Å². The van der Waals surface area contributed by atoms with Crippen LogP contribution in [-0.4, -0.2) is 20.9 Å². The summed E-state index contributed by atoms with van der Waals surface area (Å²) in [6.07, 6.45) is 3.46. The molecule has 0 aliphatic rings. The maximum Gasteiger partial charge on any atom is 0.371 e. The Kier molecular flexibility index (Phi) is 2.29. The number of hydrogen-bond donors (Lipinski definition) is 1. The smallest absolute Gasteiger partial charge is 0.371 e. The predicted molar refractivity (Wildman–Crippen MR) is 51.7 cm³/mol. The number of carbonyl (C=O) groups is 1. The zero-order valence-corrected chi connectivity index (χ0v) is 8.12. The normalized spacial score (nSPS) is 12.6. The lowest BCUT2D eigenvalue weighted by Crippen LogP contribution is -2.05. The summed E-state index contributed by atoms with van der Waals surface area (Å²) in [6, 6.07) is 4.79. The van der Waals surface area contributed by atoms with Crippen LogP contribution in [0.1, 0.15) is 29.3 Å². The largest absolute Gasteiger partial charge is 0.475 e. The molecule has 2 heterocycles. The van der Waals surface area contributed by atoms with Crippen LogP contribution in [-0.2, 0) is 0 Å².